The minimum absolute atomic E-state index is 0.778. The highest BCUT2D eigenvalue weighted by Gasteiger charge is 2.21. The van der Waals surface area contributed by atoms with Crippen molar-refractivity contribution in [1.29, 1.82) is 0 Å². The van der Waals surface area contributed by atoms with Gasteiger partial charge in [0, 0.05) is 32.7 Å². The lowest BCUT2D eigenvalue weighted by Gasteiger charge is -2.12. The Labute approximate surface area is 320 Å². The molecule has 0 bridgehead atoms. The van der Waals surface area contributed by atoms with Crippen molar-refractivity contribution in [2.75, 3.05) is 0 Å². The predicted molar refractivity (Wildman–Crippen MR) is 237 cm³/mol. The van der Waals surface area contributed by atoms with Gasteiger partial charge >= 0.3 is 0 Å². The van der Waals surface area contributed by atoms with Gasteiger partial charge in [-0.05, 0) is 100 Å². The van der Waals surface area contributed by atoms with Crippen LogP contribution in [0.4, 0.5) is 0 Å². The summed E-state index contributed by atoms with van der Waals surface area (Å²) in [7, 11) is 0. The van der Waals surface area contributed by atoms with E-state index in [0.29, 0.717) is 0 Å². The van der Waals surface area contributed by atoms with Crippen LogP contribution in [0.25, 0.3) is 131 Å². The van der Waals surface area contributed by atoms with E-state index in [-0.39, 0.29) is 0 Å². The van der Waals surface area contributed by atoms with Gasteiger partial charge in [0.25, 0.3) is 0 Å². The molecular weight excluding hydrogens is 681 g/mol. The van der Waals surface area contributed by atoms with E-state index < -0.39 is 0 Å². The maximum Gasteiger partial charge on any atom is 0.178 e. The quantitative estimate of drug-likeness (QED) is 0.167. The third-order valence-corrected chi connectivity index (χ3v) is 12.2. The fourth-order valence-corrected chi connectivity index (χ4v) is 9.72. The Morgan fingerprint density at radius 3 is 0.821 bits per heavy atom. The third kappa shape index (κ3) is 4.00. The lowest BCUT2D eigenvalue weighted by atomic mass is 9.91. The van der Waals surface area contributed by atoms with Gasteiger partial charge in [-0.25, -0.2) is 0 Å². The predicted octanol–water partition coefficient (Wildman–Crippen LogP) is 15.7. The highest BCUT2D eigenvalue weighted by atomic mass is 16.4. The molecule has 2 heteroatoms. The Bertz CT molecular complexity index is 3500. The van der Waals surface area contributed by atoms with Crippen LogP contribution in [0.15, 0.2) is 191 Å². The number of para-hydroxylation sites is 2. The van der Waals surface area contributed by atoms with E-state index in [9.17, 15) is 0 Å². The number of fused-ring (bicyclic) bond motifs is 19. The summed E-state index contributed by atoms with van der Waals surface area (Å²) in [6, 6.07) is 66.0. The van der Waals surface area contributed by atoms with Crippen molar-refractivity contribution in [2.45, 2.75) is 0 Å². The van der Waals surface area contributed by atoms with Gasteiger partial charge in [0.15, 0.2) is 11.2 Å². The highest BCUT2D eigenvalue weighted by molar-refractivity contribution is 6.28. The molecule has 0 saturated carbocycles. The minimum Gasteiger partial charge on any atom is -0.451 e. The summed E-state index contributed by atoms with van der Waals surface area (Å²) in [5, 5.41) is 19.4. The van der Waals surface area contributed by atoms with Gasteiger partial charge < -0.3 is 8.83 Å². The summed E-state index contributed by atoms with van der Waals surface area (Å²) in [6.45, 7) is 0. The maximum absolute atomic E-state index is 6.95. The van der Waals surface area contributed by atoms with Crippen molar-refractivity contribution in [3.8, 4) is 22.3 Å². The van der Waals surface area contributed by atoms with Crippen LogP contribution in [0.3, 0.4) is 0 Å². The zero-order valence-corrected chi connectivity index (χ0v) is 30.1. The maximum atomic E-state index is 6.95. The van der Waals surface area contributed by atoms with Crippen LogP contribution >= 0.6 is 0 Å². The number of furan rings is 2. The first kappa shape index (κ1) is 30.0. The molecule has 56 heavy (non-hydrogen) atoms. The molecule has 11 aromatic carbocycles. The minimum atomic E-state index is 0.778. The molecule has 0 aliphatic rings. The van der Waals surface area contributed by atoms with Gasteiger partial charge in [0.2, 0.25) is 0 Å². The number of rotatable bonds is 2. The van der Waals surface area contributed by atoms with E-state index in [0.717, 1.165) is 66.1 Å². The van der Waals surface area contributed by atoms with Crippen LogP contribution in [0.2, 0.25) is 0 Å². The van der Waals surface area contributed by atoms with Crippen LogP contribution in [0.1, 0.15) is 0 Å². The van der Waals surface area contributed by atoms with Crippen LogP contribution in [0, 0.1) is 0 Å². The third-order valence-electron chi connectivity index (χ3n) is 12.2. The number of hydrogen-bond acceptors (Lipinski definition) is 2. The summed E-state index contributed by atoms with van der Waals surface area (Å²) in [5.74, 6) is 0. The molecule has 0 fully saturated rings. The van der Waals surface area contributed by atoms with Crippen LogP contribution < -0.4 is 0 Å². The molecule has 258 valence electrons. The Hall–Kier alpha value is -7.42. The smallest absolute Gasteiger partial charge is 0.178 e. The average molecular weight is 711 g/mol. The second kappa shape index (κ2) is 11.1. The van der Waals surface area contributed by atoms with Crippen molar-refractivity contribution in [2.24, 2.45) is 0 Å². The molecule has 0 N–H and O–H groups in total. The molecule has 2 heterocycles. The zero-order chi connectivity index (χ0) is 36.5. The molecule has 0 aliphatic heterocycles. The monoisotopic (exact) mass is 710 g/mol. The normalized spacial score (nSPS) is 12.3. The largest absolute Gasteiger partial charge is 0.451 e. The molecule has 13 aromatic rings. The van der Waals surface area contributed by atoms with Gasteiger partial charge in [0.1, 0.15) is 11.2 Å². The molecule has 0 atom stereocenters. The Balaban J connectivity index is 1.02. The fourth-order valence-electron chi connectivity index (χ4n) is 9.72. The second-order valence-electron chi connectivity index (χ2n) is 15.1. The first-order valence-corrected chi connectivity index (χ1v) is 19.3. The summed E-state index contributed by atoms with van der Waals surface area (Å²) in [6.07, 6.45) is 0. The Morgan fingerprint density at radius 2 is 0.464 bits per heavy atom. The van der Waals surface area contributed by atoms with Gasteiger partial charge in [-0.2, -0.15) is 0 Å². The average Bonchev–Trinajstić information content (AvgIpc) is 3.85. The lowest BCUT2D eigenvalue weighted by molar-refractivity contribution is 0.634. The van der Waals surface area contributed by atoms with Crippen molar-refractivity contribution < 1.29 is 8.83 Å². The van der Waals surface area contributed by atoms with Crippen LogP contribution in [-0.2, 0) is 0 Å². The first-order chi connectivity index (χ1) is 27.8. The Kier molecular flexibility index (Phi) is 5.92. The summed E-state index contributed by atoms with van der Waals surface area (Å²) in [4.78, 5) is 0. The molecule has 0 radical (unpaired) electrons. The number of benzene rings is 11. The summed E-state index contributed by atoms with van der Waals surface area (Å²) in [5.41, 5.74) is 7.69. The van der Waals surface area contributed by atoms with Crippen molar-refractivity contribution in [3.63, 3.8) is 0 Å². The molecular formula is C54H30O2. The van der Waals surface area contributed by atoms with E-state index in [1.54, 1.807) is 0 Å². The molecule has 0 unspecified atom stereocenters. The number of hydrogen-bond donors (Lipinski definition) is 0. The van der Waals surface area contributed by atoms with E-state index in [1.165, 1.54) is 64.6 Å². The summed E-state index contributed by atoms with van der Waals surface area (Å²) < 4.78 is 13.9. The lowest BCUT2D eigenvalue weighted by Crippen LogP contribution is -1.85. The topological polar surface area (TPSA) is 26.3 Å². The van der Waals surface area contributed by atoms with E-state index in [1.807, 2.05) is 0 Å². The van der Waals surface area contributed by atoms with Crippen molar-refractivity contribution in [1.82, 2.24) is 0 Å². The SMILES string of the molecule is c1cc(-c2ccc3c4ccccc4c4ccccc4c3c2)c2oc3c(ccc4c5cccc(-c6ccc7c8ccccc8c8ccccc8c7c6)c5oc43)c2c1. The van der Waals surface area contributed by atoms with Gasteiger partial charge in [-0.3, -0.25) is 0 Å². The van der Waals surface area contributed by atoms with Gasteiger partial charge in [-0.15, -0.1) is 0 Å². The summed E-state index contributed by atoms with van der Waals surface area (Å²) >= 11 is 0. The van der Waals surface area contributed by atoms with Crippen molar-refractivity contribution >= 4 is 109 Å². The molecule has 0 saturated heterocycles. The van der Waals surface area contributed by atoms with Crippen LogP contribution in [0.5, 0.6) is 0 Å². The molecule has 0 spiro atoms. The van der Waals surface area contributed by atoms with Crippen LogP contribution in [-0.4, -0.2) is 0 Å². The van der Waals surface area contributed by atoms with E-state index >= 15 is 0 Å². The zero-order valence-electron chi connectivity index (χ0n) is 30.1. The van der Waals surface area contributed by atoms with Crippen molar-refractivity contribution in [3.05, 3.63) is 182 Å². The van der Waals surface area contributed by atoms with Gasteiger partial charge in [-0.1, -0.05) is 158 Å². The molecule has 13 rings (SSSR count). The molecule has 0 aliphatic carbocycles. The van der Waals surface area contributed by atoms with E-state index in [4.69, 9.17) is 8.83 Å². The fraction of sp³-hybridized carbons (Fsp3) is 0. The standard InChI is InChI=1S/C54H30O2/c1-3-15-39-35(11-1)37-13-5-7-17-41(37)49-29-31(23-25-43(39)49)33-19-9-21-45-47-27-28-48-46-22-10-20-34(52(46)56-54(48)53(47)55-51(33)45)32-24-26-44-40-16-4-2-12-36(40)38-14-6-8-18-42(38)50(44)30-32/h1-30H. The van der Waals surface area contributed by atoms with Gasteiger partial charge in [0.05, 0.1) is 0 Å². The Morgan fingerprint density at radius 1 is 0.196 bits per heavy atom. The molecule has 2 nitrogen and oxygen atoms in total. The first-order valence-electron chi connectivity index (χ1n) is 19.3. The molecule has 2 aromatic heterocycles. The second-order valence-corrected chi connectivity index (χ2v) is 15.1. The highest BCUT2D eigenvalue weighted by Crippen LogP contribution is 2.45. The molecule has 0 amide bonds. The van der Waals surface area contributed by atoms with E-state index in [2.05, 4.69) is 182 Å².